The second-order valence-corrected chi connectivity index (χ2v) is 14.5. The summed E-state index contributed by atoms with van der Waals surface area (Å²) in [7, 11) is 0. The normalized spacial score (nSPS) is 50.7. The molecular formula is C33H37N3O. The first-order chi connectivity index (χ1) is 18.0. The van der Waals surface area contributed by atoms with Gasteiger partial charge in [-0.15, -0.1) is 0 Å². The lowest BCUT2D eigenvalue weighted by Crippen LogP contribution is -2.63. The Labute approximate surface area is 219 Å². The number of ether oxygens (including phenoxy) is 1. The van der Waals surface area contributed by atoms with Gasteiger partial charge in [-0.1, -0.05) is 31.2 Å². The predicted octanol–water partition coefficient (Wildman–Crippen LogP) is 5.13. The van der Waals surface area contributed by atoms with Gasteiger partial charge in [0.1, 0.15) is 0 Å². The summed E-state index contributed by atoms with van der Waals surface area (Å²) in [6.07, 6.45) is 18.2. The van der Waals surface area contributed by atoms with Crippen LogP contribution in [-0.2, 0) is 10.2 Å². The van der Waals surface area contributed by atoms with Gasteiger partial charge < -0.3 is 10.5 Å². The van der Waals surface area contributed by atoms with E-state index in [-0.39, 0.29) is 16.6 Å². The Hall–Kier alpha value is -2.01. The number of hydrogen-bond donors (Lipinski definition) is 1. The van der Waals surface area contributed by atoms with E-state index in [1.807, 2.05) is 12.4 Å². The molecule has 10 rings (SSSR count). The molecule has 2 N–H and O–H groups in total. The Kier molecular flexibility index (Phi) is 3.52. The zero-order chi connectivity index (χ0) is 24.4. The molecule has 0 amide bonds. The van der Waals surface area contributed by atoms with Crippen molar-refractivity contribution in [2.75, 3.05) is 13.1 Å². The van der Waals surface area contributed by atoms with Crippen LogP contribution < -0.4 is 5.73 Å². The van der Waals surface area contributed by atoms with E-state index >= 15 is 0 Å². The fourth-order valence-electron chi connectivity index (χ4n) is 11.3. The lowest BCUT2D eigenvalue weighted by molar-refractivity contribution is -0.148. The minimum atomic E-state index is -0.0625. The van der Waals surface area contributed by atoms with Crippen LogP contribution in [0.15, 0.2) is 60.0 Å². The molecule has 8 aliphatic rings. The van der Waals surface area contributed by atoms with Crippen molar-refractivity contribution < 1.29 is 4.74 Å². The van der Waals surface area contributed by atoms with Gasteiger partial charge in [0.2, 0.25) is 0 Å². The summed E-state index contributed by atoms with van der Waals surface area (Å²) < 4.78 is 7.65. The first-order valence-corrected chi connectivity index (χ1v) is 14.9. The molecule has 4 saturated carbocycles. The van der Waals surface area contributed by atoms with Crippen LogP contribution in [0, 0.1) is 29.1 Å². The number of hydrogen-bond acceptors (Lipinski definition) is 4. The molecule has 1 unspecified atom stereocenters. The first kappa shape index (κ1) is 20.9. The molecule has 1 aromatic carbocycles. The van der Waals surface area contributed by atoms with Crippen LogP contribution in [0.4, 0.5) is 0 Å². The van der Waals surface area contributed by atoms with Crippen molar-refractivity contribution in [2.24, 2.45) is 34.8 Å². The van der Waals surface area contributed by atoms with E-state index in [0.29, 0.717) is 23.4 Å². The molecule has 4 nitrogen and oxygen atoms in total. The maximum Gasteiger partial charge on any atom is 0.0975 e. The summed E-state index contributed by atoms with van der Waals surface area (Å²) in [4.78, 5) is 7.13. The van der Waals surface area contributed by atoms with Crippen molar-refractivity contribution >= 4 is 10.8 Å². The topological polar surface area (TPSA) is 51.4 Å². The van der Waals surface area contributed by atoms with Gasteiger partial charge in [-0.3, -0.25) is 9.88 Å². The number of pyridine rings is 1. The van der Waals surface area contributed by atoms with Crippen LogP contribution in [0.2, 0.25) is 0 Å². The van der Waals surface area contributed by atoms with Crippen molar-refractivity contribution in [2.45, 2.75) is 80.6 Å². The highest BCUT2D eigenvalue weighted by atomic mass is 16.5. The quantitative estimate of drug-likeness (QED) is 0.633. The second kappa shape index (κ2) is 6.24. The first-order valence-electron chi connectivity index (χ1n) is 14.9. The van der Waals surface area contributed by atoms with E-state index in [2.05, 4.69) is 53.2 Å². The Bertz CT molecular complexity index is 1460. The Morgan fingerprint density at radius 3 is 2.89 bits per heavy atom. The van der Waals surface area contributed by atoms with E-state index in [0.717, 1.165) is 30.8 Å². The van der Waals surface area contributed by atoms with Crippen LogP contribution in [0.1, 0.15) is 57.4 Å². The average Bonchev–Trinajstić information content (AvgIpc) is 3.79. The van der Waals surface area contributed by atoms with Crippen LogP contribution in [0.5, 0.6) is 0 Å². The lowest BCUT2D eigenvalue weighted by atomic mass is 9.55. The van der Waals surface area contributed by atoms with Gasteiger partial charge >= 0.3 is 0 Å². The number of fused-ring (bicyclic) bond motifs is 6. The zero-order valence-electron chi connectivity index (χ0n) is 21.8. The molecule has 37 heavy (non-hydrogen) atoms. The molecule has 4 heteroatoms. The van der Waals surface area contributed by atoms with Crippen molar-refractivity contribution in [1.29, 1.82) is 0 Å². The number of nitrogens with two attached hydrogens (primary N) is 1. The SMILES string of the molecule is C[C@]12CC=C3C=C4[C@H]5C[C@H]5[C@@H](N5CC(N)C5)C[C@]45CCC3(O5)[C@@H]1C[C@H]1C[C@]12c1ccc2ccncc2c1. The molecule has 0 radical (unpaired) electrons. The number of nitrogens with zero attached hydrogens (tertiary/aromatic N) is 2. The number of rotatable bonds is 2. The number of aromatic nitrogens is 1. The van der Waals surface area contributed by atoms with Crippen LogP contribution >= 0.6 is 0 Å². The molecule has 1 aromatic heterocycles. The second-order valence-electron chi connectivity index (χ2n) is 14.5. The summed E-state index contributed by atoms with van der Waals surface area (Å²) in [5, 5.41) is 2.59. The lowest BCUT2D eigenvalue weighted by Gasteiger charge is -2.56. The molecule has 6 fully saturated rings. The molecule has 2 aromatic rings. The highest BCUT2D eigenvalue weighted by Crippen LogP contribution is 2.81. The predicted molar refractivity (Wildman–Crippen MR) is 144 cm³/mol. The highest BCUT2D eigenvalue weighted by molar-refractivity contribution is 5.82. The number of likely N-dealkylation sites (tertiary alicyclic amines) is 1. The van der Waals surface area contributed by atoms with Gasteiger partial charge in [0.15, 0.2) is 0 Å². The van der Waals surface area contributed by atoms with Crippen molar-refractivity contribution in [3.05, 3.63) is 65.5 Å². The molecule has 2 bridgehead atoms. The summed E-state index contributed by atoms with van der Waals surface area (Å²) >= 11 is 0. The Morgan fingerprint density at radius 2 is 2.00 bits per heavy atom. The van der Waals surface area contributed by atoms with E-state index in [1.165, 1.54) is 55.7 Å². The Balaban J connectivity index is 1.06. The summed E-state index contributed by atoms with van der Waals surface area (Å²) in [5.41, 5.74) is 11.5. The van der Waals surface area contributed by atoms with Crippen molar-refractivity contribution in [1.82, 2.24) is 9.88 Å². The fraction of sp³-hybridized carbons (Fsp3) is 0.606. The van der Waals surface area contributed by atoms with Gasteiger partial charge in [-0.2, -0.15) is 0 Å². The average molecular weight is 492 g/mol. The highest BCUT2D eigenvalue weighted by Gasteiger charge is 2.79. The van der Waals surface area contributed by atoms with Gasteiger partial charge in [0.05, 0.1) is 11.2 Å². The smallest absolute Gasteiger partial charge is 0.0975 e. The van der Waals surface area contributed by atoms with Gasteiger partial charge in [-0.05, 0) is 108 Å². The fourth-order valence-corrected chi connectivity index (χ4v) is 11.3. The third-order valence-electron chi connectivity index (χ3n) is 13.2. The molecule has 2 spiro atoms. The van der Waals surface area contributed by atoms with E-state index in [1.54, 1.807) is 16.7 Å². The Morgan fingerprint density at radius 1 is 1.08 bits per heavy atom. The van der Waals surface area contributed by atoms with E-state index in [4.69, 9.17) is 10.5 Å². The van der Waals surface area contributed by atoms with Gasteiger partial charge in [0, 0.05) is 48.4 Å². The summed E-state index contributed by atoms with van der Waals surface area (Å²) in [5.74, 6) is 3.02. The van der Waals surface area contributed by atoms with Crippen LogP contribution in [0.25, 0.3) is 10.8 Å². The zero-order valence-corrected chi connectivity index (χ0v) is 21.8. The third-order valence-corrected chi connectivity index (χ3v) is 13.2. The number of allylic oxidation sites excluding steroid dienone is 1. The number of benzene rings is 1. The monoisotopic (exact) mass is 491 g/mol. The maximum atomic E-state index is 7.65. The van der Waals surface area contributed by atoms with E-state index < -0.39 is 0 Å². The van der Waals surface area contributed by atoms with Crippen molar-refractivity contribution in [3.63, 3.8) is 0 Å². The van der Waals surface area contributed by atoms with Crippen molar-refractivity contribution in [3.8, 4) is 0 Å². The molecule has 9 atom stereocenters. The summed E-state index contributed by atoms with van der Waals surface area (Å²) in [6, 6.07) is 10.5. The third kappa shape index (κ3) is 2.26. The standard InChI is InChI=1S/C33H37N3O/c1-30-6-4-22-11-27-25-13-26(25)28(36-17-24(34)18-36)15-31(27)7-8-33(22,37-31)29(30)12-23-14-32(23,30)21-3-2-19-5-9-35-16-20(19)10-21/h2-5,9-11,16,23-26,28-29H,6-8,12-15,17-18,34H2,1H3/t23-,25-,26+,28-,29+,30-,31+,32-,33?/m0/s1. The van der Waals surface area contributed by atoms with Gasteiger partial charge in [-0.25, -0.2) is 0 Å². The molecule has 5 aliphatic carbocycles. The van der Waals surface area contributed by atoms with Crippen LogP contribution in [-0.4, -0.2) is 46.3 Å². The molecular weight excluding hydrogens is 454 g/mol. The minimum Gasteiger partial charge on any atom is -0.359 e. The van der Waals surface area contributed by atoms with Gasteiger partial charge in [0.25, 0.3) is 0 Å². The summed E-state index contributed by atoms with van der Waals surface area (Å²) in [6.45, 7) is 4.81. The minimum absolute atomic E-state index is 0.00777. The molecule has 4 heterocycles. The maximum absolute atomic E-state index is 7.65. The molecule has 2 saturated heterocycles. The molecule has 3 aliphatic heterocycles. The van der Waals surface area contributed by atoms with E-state index in [9.17, 15) is 0 Å². The molecule has 190 valence electrons. The largest absolute Gasteiger partial charge is 0.359 e. The van der Waals surface area contributed by atoms with Crippen LogP contribution in [0.3, 0.4) is 0 Å².